The van der Waals surface area contributed by atoms with Gasteiger partial charge in [-0.15, -0.1) is 0 Å². The minimum Gasteiger partial charge on any atom is -0.462 e. The molecule has 0 aromatic heterocycles. The number of rotatable bonds is 7. The molecule has 10 heteroatoms. The molecule has 2 heterocycles. The summed E-state index contributed by atoms with van der Waals surface area (Å²) in [5, 5.41) is 14.3. The molecule has 10 nitrogen and oxygen atoms in total. The number of benzene rings is 2. The van der Waals surface area contributed by atoms with Gasteiger partial charge in [0.2, 0.25) is 11.8 Å². The number of amides is 3. The van der Waals surface area contributed by atoms with Gasteiger partial charge in [-0.1, -0.05) is 60.7 Å². The average molecular weight is 576 g/mol. The molecule has 42 heavy (non-hydrogen) atoms. The van der Waals surface area contributed by atoms with E-state index in [9.17, 15) is 19.2 Å². The molecule has 0 spiro atoms. The number of nitrogens with one attached hydrogen (secondary N) is 2. The van der Waals surface area contributed by atoms with Crippen LogP contribution in [0.5, 0.6) is 0 Å². The van der Waals surface area contributed by atoms with E-state index in [1.807, 2.05) is 36.4 Å². The number of ether oxygens (including phenoxy) is 2. The standard InChI is InChI=1S/C32H37N3O7/c36-17-15-33-29(37)18-21-8-1-6-14-28(31(39)41-19-22-9-7-16-35(22)30(21)38)34-32(40)42-20-27-25-12-4-2-10-23(25)24-11-3-5-13-26(24)27/h1-6,10-13,21-22,27-28,36H,7-9,14-20H2,(H,33,37)(H,34,40)/b6-1+/t21-,22+,28-/m0/s1. The molecule has 0 unspecified atom stereocenters. The first-order valence-corrected chi connectivity index (χ1v) is 14.6. The van der Waals surface area contributed by atoms with Crippen LogP contribution in [0.2, 0.25) is 0 Å². The van der Waals surface area contributed by atoms with Gasteiger partial charge < -0.3 is 30.1 Å². The second-order valence-corrected chi connectivity index (χ2v) is 10.9. The van der Waals surface area contributed by atoms with Crippen LogP contribution < -0.4 is 10.6 Å². The van der Waals surface area contributed by atoms with Crippen molar-refractivity contribution in [1.29, 1.82) is 0 Å². The Bertz CT molecular complexity index is 1300. The van der Waals surface area contributed by atoms with Gasteiger partial charge in [0.05, 0.1) is 18.6 Å². The summed E-state index contributed by atoms with van der Waals surface area (Å²) in [7, 11) is 0. The molecular weight excluding hydrogens is 538 g/mol. The van der Waals surface area contributed by atoms with Gasteiger partial charge in [-0.2, -0.15) is 0 Å². The number of carbonyl (C=O) groups is 4. The first-order valence-electron chi connectivity index (χ1n) is 14.6. The van der Waals surface area contributed by atoms with Crippen molar-refractivity contribution in [2.45, 2.75) is 50.1 Å². The van der Waals surface area contributed by atoms with E-state index in [0.717, 1.165) is 28.7 Å². The molecule has 0 saturated carbocycles. The third-order valence-electron chi connectivity index (χ3n) is 8.17. The van der Waals surface area contributed by atoms with Crippen LogP contribution in [0.3, 0.4) is 0 Å². The summed E-state index contributed by atoms with van der Waals surface area (Å²) in [4.78, 5) is 53.3. The van der Waals surface area contributed by atoms with E-state index in [4.69, 9.17) is 14.6 Å². The van der Waals surface area contributed by atoms with Gasteiger partial charge in [0.1, 0.15) is 19.3 Å². The smallest absolute Gasteiger partial charge is 0.407 e. The maximum Gasteiger partial charge on any atom is 0.407 e. The summed E-state index contributed by atoms with van der Waals surface area (Å²) in [6, 6.07) is 14.9. The second-order valence-electron chi connectivity index (χ2n) is 10.9. The Morgan fingerprint density at radius 2 is 1.69 bits per heavy atom. The number of allylic oxidation sites excluding steroid dienone is 1. The highest BCUT2D eigenvalue weighted by molar-refractivity contribution is 5.86. The number of cyclic esters (lactones) is 1. The Morgan fingerprint density at radius 1 is 1.00 bits per heavy atom. The van der Waals surface area contributed by atoms with E-state index in [2.05, 4.69) is 22.8 Å². The number of aliphatic hydroxyl groups is 1. The van der Waals surface area contributed by atoms with Crippen molar-refractivity contribution < 1.29 is 33.8 Å². The Kier molecular flexibility index (Phi) is 9.53. The minimum atomic E-state index is -0.965. The van der Waals surface area contributed by atoms with Crippen molar-refractivity contribution >= 4 is 23.9 Å². The van der Waals surface area contributed by atoms with Gasteiger partial charge in [0, 0.05) is 25.4 Å². The van der Waals surface area contributed by atoms with Crippen molar-refractivity contribution in [3.05, 3.63) is 71.8 Å². The van der Waals surface area contributed by atoms with E-state index in [-0.39, 0.29) is 63.0 Å². The average Bonchev–Trinajstić information content (AvgIpc) is 3.60. The summed E-state index contributed by atoms with van der Waals surface area (Å²) >= 11 is 0. The third kappa shape index (κ3) is 6.65. The number of hydrogen-bond acceptors (Lipinski definition) is 7. The second kappa shape index (κ2) is 13.7. The summed E-state index contributed by atoms with van der Waals surface area (Å²) in [6.07, 6.45) is 4.66. The number of carbonyl (C=O) groups excluding carboxylic acids is 4. The van der Waals surface area contributed by atoms with Crippen LogP contribution in [-0.2, 0) is 23.9 Å². The van der Waals surface area contributed by atoms with Gasteiger partial charge in [-0.3, -0.25) is 9.59 Å². The molecule has 3 atom stereocenters. The molecular formula is C32H37N3O7. The van der Waals surface area contributed by atoms with Gasteiger partial charge in [-0.05, 0) is 47.9 Å². The van der Waals surface area contributed by atoms with Crippen molar-refractivity contribution in [3.8, 4) is 11.1 Å². The lowest BCUT2D eigenvalue weighted by Crippen LogP contribution is -2.46. The van der Waals surface area contributed by atoms with E-state index >= 15 is 0 Å². The number of aliphatic hydroxyl groups excluding tert-OH is 1. The Hall–Kier alpha value is -4.18. The fraction of sp³-hybridized carbons (Fsp3) is 0.438. The molecule has 1 fully saturated rings. The number of fused-ring (bicyclic) bond motifs is 4. The van der Waals surface area contributed by atoms with Gasteiger partial charge >= 0.3 is 12.1 Å². The first-order chi connectivity index (χ1) is 20.5. The number of esters is 1. The lowest BCUT2D eigenvalue weighted by Gasteiger charge is -2.29. The van der Waals surface area contributed by atoms with Gasteiger partial charge in [0.25, 0.3) is 0 Å². The molecule has 3 N–H and O–H groups in total. The van der Waals surface area contributed by atoms with E-state index in [1.165, 1.54) is 0 Å². The molecule has 1 aliphatic carbocycles. The quantitative estimate of drug-likeness (QED) is 0.341. The molecule has 5 rings (SSSR count). The zero-order valence-electron chi connectivity index (χ0n) is 23.5. The van der Waals surface area contributed by atoms with Crippen LogP contribution in [0.1, 0.15) is 49.1 Å². The highest BCUT2D eigenvalue weighted by atomic mass is 16.6. The highest BCUT2D eigenvalue weighted by Crippen LogP contribution is 2.44. The molecule has 222 valence electrons. The molecule has 1 saturated heterocycles. The van der Waals surface area contributed by atoms with Crippen LogP contribution >= 0.6 is 0 Å². The maximum absolute atomic E-state index is 13.3. The van der Waals surface area contributed by atoms with Crippen LogP contribution in [0, 0.1) is 5.92 Å². The van der Waals surface area contributed by atoms with Crippen molar-refractivity contribution in [3.63, 3.8) is 0 Å². The largest absolute Gasteiger partial charge is 0.462 e. The van der Waals surface area contributed by atoms with Crippen LogP contribution in [-0.4, -0.2) is 78.9 Å². The molecule has 0 bridgehead atoms. The molecule has 2 aliphatic heterocycles. The normalized spacial score (nSPS) is 23.0. The maximum atomic E-state index is 13.3. The van der Waals surface area contributed by atoms with Gasteiger partial charge in [0.15, 0.2) is 0 Å². The summed E-state index contributed by atoms with van der Waals surface area (Å²) in [5.41, 5.74) is 4.43. The summed E-state index contributed by atoms with van der Waals surface area (Å²) < 4.78 is 11.2. The SMILES string of the molecule is O=C(C[C@@H]1C/C=C/C[C@H](NC(=O)OCC2c3ccccc3-c3ccccc32)C(=O)OC[C@H]2CCCN2C1=O)NCCO. The van der Waals surface area contributed by atoms with Crippen molar-refractivity contribution in [1.82, 2.24) is 15.5 Å². The zero-order chi connectivity index (χ0) is 29.5. The van der Waals surface area contributed by atoms with Crippen molar-refractivity contribution in [2.24, 2.45) is 5.92 Å². The van der Waals surface area contributed by atoms with Crippen LogP contribution in [0.25, 0.3) is 11.1 Å². The van der Waals surface area contributed by atoms with Crippen LogP contribution in [0.15, 0.2) is 60.7 Å². The molecule has 0 radical (unpaired) electrons. The first kappa shape index (κ1) is 29.3. The monoisotopic (exact) mass is 575 g/mol. The van der Waals surface area contributed by atoms with Crippen LogP contribution in [0.4, 0.5) is 4.79 Å². The minimum absolute atomic E-state index is 0.00634. The predicted molar refractivity (Wildman–Crippen MR) is 154 cm³/mol. The Balaban J connectivity index is 1.24. The van der Waals surface area contributed by atoms with E-state index in [1.54, 1.807) is 17.1 Å². The summed E-state index contributed by atoms with van der Waals surface area (Å²) in [6.45, 7) is 0.612. The molecule has 3 aliphatic rings. The number of alkyl carbamates (subject to hydrolysis) is 1. The molecule has 2 aromatic carbocycles. The number of hydrogen-bond donors (Lipinski definition) is 3. The third-order valence-corrected chi connectivity index (χ3v) is 8.17. The molecule has 3 amide bonds. The highest BCUT2D eigenvalue weighted by Gasteiger charge is 2.36. The fourth-order valence-electron chi connectivity index (χ4n) is 6.06. The zero-order valence-corrected chi connectivity index (χ0v) is 23.5. The molecule has 2 aromatic rings. The van der Waals surface area contributed by atoms with Gasteiger partial charge in [-0.25, -0.2) is 9.59 Å². The fourth-order valence-corrected chi connectivity index (χ4v) is 6.06. The lowest BCUT2D eigenvalue weighted by molar-refractivity contribution is -0.150. The number of nitrogens with zero attached hydrogens (tertiary/aromatic N) is 1. The lowest BCUT2D eigenvalue weighted by atomic mass is 9.97. The van der Waals surface area contributed by atoms with Crippen molar-refractivity contribution in [2.75, 3.05) is 32.9 Å². The topological polar surface area (TPSA) is 134 Å². The summed E-state index contributed by atoms with van der Waals surface area (Å²) in [5.74, 6) is -1.73. The van der Waals surface area contributed by atoms with E-state index < -0.39 is 24.0 Å². The van der Waals surface area contributed by atoms with E-state index in [0.29, 0.717) is 19.4 Å². The Labute approximate surface area is 245 Å². The predicted octanol–water partition coefficient (Wildman–Crippen LogP) is 2.89. The Morgan fingerprint density at radius 3 is 2.40 bits per heavy atom.